The number of amides is 2. The Balaban J connectivity index is 1.54. The third-order valence-electron chi connectivity index (χ3n) is 6.95. The van der Waals surface area contributed by atoms with E-state index in [-0.39, 0.29) is 24.9 Å². The minimum Gasteiger partial charge on any atom is -0.493 e. The monoisotopic (exact) mass is 533 g/mol. The Morgan fingerprint density at radius 1 is 1.03 bits per heavy atom. The number of para-hydroxylation sites is 1. The van der Waals surface area contributed by atoms with E-state index in [4.69, 9.17) is 25.5 Å². The van der Waals surface area contributed by atoms with Gasteiger partial charge in [0.15, 0.2) is 11.5 Å². The van der Waals surface area contributed by atoms with Crippen LogP contribution in [-0.2, 0) is 24.4 Å². The Hall–Kier alpha value is -4.17. The number of furan rings is 1. The average molecular weight is 534 g/mol. The summed E-state index contributed by atoms with van der Waals surface area (Å²) in [5, 5.41) is 3.64. The minimum atomic E-state index is -1.23. The second kappa shape index (κ2) is 10.3. The van der Waals surface area contributed by atoms with E-state index < -0.39 is 5.54 Å². The molecular formula is C29H28ClN3O5. The highest BCUT2D eigenvalue weighted by atomic mass is 35.5. The molecule has 1 N–H and O–H groups in total. The van der Waals surface area contributed by atoms with Gasteiger partial charge in [0.1, 0.15) is 17.0 Å². The van der Waals surface area contributed by atoms with E-state index in [0.717, 1.165) is 16.8 Å². The van der Waals surface area contributed by atoms with Gasteiger partial charge in [-0.3, -0.25) is 9.59 Å². The van der Waals surface area contributed by atoms with Crippen molar-refractivity contribution in [3.05, 3.63) is 94.8 Å². The van der Waals surface area contributed by atoms with Crippen LogP contribution in [0.5, 0.6) is 11.5 Å². The van der Waals surface area contributed by atoms with Crippen molar-refractivity contribution in [1.29, 1.82) is 0 Å². The maximum absolute atomic E-state index is 14.0. The molecule has 9 heteroatoms. The van der Waals surface area contributed by atoms with Crippen LogP contribution in [0.1, 0.15) is 28.5 Å². The Morgan fingerprint density at radius 2 is 1.79 bits per heavy atom. The van der Waals surface area contributed by atoms with Crippen LogP contribution in [0.15, 0.2) is 77.4 Å². The molecule has 38 heavy (non-hydrogen) atoms. The zero-order valence-electron chi connectivity index (χ0n) is 21.4. The summed E-state index contributed by atoms with van der Waals surface area (Å²) < 4.78 is 18.5. The number of benzene rings is 2. The number of aromatic nitrogens is 1. The lowest BCUT2D eigenvalue weighted by atomic mass is 9.93. The van der Waals surface area contributed by atoms with Gasteiger partial charge in [-0.05, 0) is 55.0 Å². The molecule has 3 heterocycles. The molecule has 0 fully saturated rings. The molecule has 2 amide bonds. The van der Waals surface area contributed by atoms with Crippen LogP contribution >= 0.6 is 11.6 Å². The third-order valence-corrected chi connectivity index (χ3v) is 7.20. The zero-order valence-corrected chi connectivity index (χ0v) is 22.1. The molecule has 0 saturated carbocycles. The van der Waals surface area contributed by atoms with Crippen LogP contribution in [-0.4, -0.2) is 41.0 Å². The molecule has 4 aromatic rings. The Morgan fingerprint density at radius 3 is 2.47 bits per heavy atom. The molecular weight excluding hydrogens is 506 g/mol. The van der Waals surface area contributed by atoms with E-state index >= 15 is 0 Å². The van der Waals surface area contributed by atoms with E-state index in [2.05, 4.69) is 5.32 Å². The standard InChI is InChI=1S/C29H28ClN3O5/c1-29(28(35)31-16-19-9-11-21(30)12-10-19)18-32-22(24-8-5-15-38-24)13-14-23(32)27(34)33(29)17-20-6-4-7-25(36-2)26(20)37-3/h4-15H,16-18H2,1-3H3,(H,31,35). The minimum absolute atomic E-state index is 0.144. The van der Waals surface area contributed by atoms with Crippen LogP contribution in [0.2, 0.25) is 5.02 Å². The Bertz CT molecular complexity index is 1460. The van der Waals surface area contributed by atoms with E-state index in [9.17, 15) is 9.59 Å². The number of rotatable bonds is 8. The highest BCUT2D eigenvalue weighted by Gasteiger charge is 2.48. The highest BCUT2D eigenvalue weighted by Crippen LogP contribution is 2.37. The Labute approximate surface area is 225 Å². The number of halogens is 1. The van der Waals surface area contributed by atoms with Gasteiger partial charge in [0.25, 0.3) is 5.91 Å². The number of nitrogens with one attached hydrogen (secondary N) is 1. The molecule has 1 unspecified atom stereocenters. The predicted molar refractivity (Wildman–Crippen MR) is 143 cm³/mol. The highest BCUT2D eigenvalue weighted by molar-refractivity contribution is 6.30. The van der Waals surface area contributed by atoms with Crippen LogP contribution in [0.3, 0.4) is 0 Å². The summed E-state index contributed by atoms with van der Waals surface area (Å²) in [6, 6.07) is 20.0. The lowest BCUT2D eigenvalue weighted by molar-refractivity contribution is -0.133. The second-order valence-corrected chi connectivity index (χ2v) is 9.73. The first-order chi connectivity index (χ1) is 18.4. The molecule has 0 bridgehead atoms. The van der Waals surface area contributed by atoms with Gasteiger partial charge in [0.2, 0.25) is 5.91 Å². The first-order valence-electron chi connectivity index (χ1n) is 12.1. The van der Waals surface area contributed by atoms with Crippen LogP contribution in [0.4, 0.5) is 0 Å². The fourth-order valence-electron chi connectivity index (χ4n) is 4.88. The predicted octanol–water partition coefficient (Wildman–Crippen LogP) is 5.15. The van der Waals surface area contributed by atoms with E-state index in [1.165, 1.54) is 0 Å². The van der Waals surface area contributed by atoms with Crippen LogP contribution in [0, 0.1) is 0 Å². The molecule has 0 aliphatic carbocycles. The SMILES string of the molecule is COc1cccc(CN2C(=O)c3ccc(-c4ccco4)n3CC2(C)C(=O)NCc2ccc(Cl)cc2)c1OC. The van der Waals surface area contributed by atoms with Crippen LogP contribution in [0.25, 0.3) is 11.5 Å². The topological polar surface area (TPSA) is 85.9 Å². The maximum atomic E-state index is 14.0. The molecule has 1 atom stereocenters. The lowest BCUT2D eigenvalue weighted by Crippen LogP contribution is -2.63. The van der Waals surface area contributed by atoms with Crippen molar-refractivity contribution >= 4 is 23.4 Å². The summed E-state index contributed by atoms with van der Waals surface area (Å²) in [6.07, 6.45) is 1.58. The molecule has 8 nitrogen and oxygen atoms in total. The number of carbonyl (C=O) groups excluding carboxylic acids is 2. The Kier molecular flexibility index (Phi) is 6.91. The van der Waals surface area contributed by atoms with Crippen molar-refractivity contribution in [2.24, 2.45) is 0 Å². The summed E-state index contributed by atoms with van der Waals surface area (Å²) in [5.74, 6) is 1.13. The summed E-state index contributed by atoms with van der Waals surface area (Å²) in [7, 11) is 3.11. The lowest BCUT2D eigenvalue weighted by Gasteiger charge is -2.44. The number of ether oxygens (including phenoxy) is 2. The van der Waals surface area contributed by atoms with Crippen molar-refractivity contribution in [1.82, 2.24) is 14.8 Å². The number of nitrogens with zero attached hydrogens (tertiary/aromatic N) is 2. The molecule has 5 rings (SSSR count). The number of hydrogen-bond donors (Lipinski definition) is 1. The fraction of sp³-hybridized carbons (Fsp3) is 0.241. The number of hydrogen-bond acceptors (Lipinski definition) is 5. The normalized spacial score (nSPS) is 16.7. The summed E-state index contributed by atoms with van der Waals surface area (Å²) in [5.41, 5.74) is 1.59. The van der Waals surface area contributed by atoms with E-state index in [1.54, 1.807) is 62.6 Å². The fourth-order valence-corrected chi connectivity index (χ4v) is 5.01. The number of methoxy groups -OCH3 is 2. The largest absolute Gasteiger partial charge is 0.493 e. The number of fused-ring (bicyclic) bond motifs is 1. The van der Waals surface area contributed by atoms with Gasteiger partial charge in [0.05, 0.1) is 39.3 Å². The van der Waals surface area contributed by atoms with Gasteiger partial charge >= 0.3 is 0 Å². The smallest absolute Gasteiger partial charge is 0.271 e. The quantitative estimate of drug-likeness (QED) is 0.338. The molecule has 0 radical (unpaired) electrons. The van der Waals surface area contributed by atoms with E-state index in [0.29, 0.717) is 34.5 Å². The van der Waals surface area contributed by atoms with Gasteiger partial charge < -0.3 is 28.7 Å². The summed E-state index contributed by atoms with van der Waals surface area (Å²) >= 11 is 6.01. The van der Waals surface area contributed by atoms with Gasteiger partial charge in [-0.25, -0.2) is 0 Å². The first kappa shape index (κ1) is 25.5. The van der Waals surface area contributed by atoms with Crippen molar-refractivity contribution in [3.8, 4) is 23.0 Å². The third kappa shape index (κ3) is 4.52. The maximum Gasteiger partial charge on any atom is 0.271 e. The molecule has 1 aliphatic rings. The number of carbonyl (C=O) groups is 2. The van der Waals surface area contributed by atoms with Crippen molar-refractivity contribution in [2.75, 3.05) is 14.2 Å². The summed E-state index contributed by atoms with van der Waals surface area (Å²) in [6.45, 7) is 2.45. The zero-order chi connectivity index (χ0) is 26.9. The van der Waals surface area contributed by atoms with Gasteiger partial charge in [-0.1, -0.05) is 35.9 Å². The summed E-state index contributed by atoms with van der Waals surface area (Å²) in [4.78, 5) is 29.5. The first-order valence-corrected chi connectivity index (χ1v) is 12.5. The van der Waals surface area contributed by atoms with Crippen LogP contribution < -0.4 is 14.8 Å². The molecule has 2 aromatic carbocycles. The molecule has 2 aromatic heterocycles. The molecule has 1 aliphatic heterocycles. The molecule has 0 spiro atoms. The molecule has 0 saturated heterocycles. The van der Waals surface area contributed by atoms with Crippen molar-refractivity contribution < 1.29 is 23.5 Å². The van der Waals surface area contributed by atoms with Gasteiger partial charge in [-0.2, -0.15) is 0 Å². The van der Waals surface area contributed by atoms with Crippen molar-refractivity contribution in [3.63, 3.8) is 0 Å². The van der Waals surface area contributed by atoms with E-state index in [1.807, 2.05) is 41.0 Å². The van der Waals surface area contributed by atoms with Gasteiger partial charge in [-0.15, -0.1) is 0 Å². The average Bonchev–Trinajstić information content (AvgIpc) is 3.60. The van der Waals surface area contributed by atoms with Crippen molar-refractivity contribution in [2.45, 2.75) is 32.1 Å². The van der Waals surface area contributed by atoms with Gasteiger partial charge in [0, 0.05) is 17.1 Å². The second-order valence-electron chi connectivity index (χ2n) is 9.29. The molecule has 196 valence electrons.